The molecule has 0 bridgehead atoms. The summed E-state index contributed by atoms with van der Waals surface area (Å²) in [5.74, 6) is 2.84. The van der Waals surface area contributed by atoms with Crippen molar-refractivity contribution >= 4 is 11.8 Å². The van der Waals surface area contributed by atoms with Crippen molar-refractivity contribution in [3.63, 3.8) is 0 Å². The molecule has 1 aliphatic carbocycles. The molecule has 26 heavy (non-hydrogen) atoms. The molecule has 2 aliphatic heterocycles. The van der Waals surface area contributed by atoms with Gasteiger partial charge in [0.2, 0.25) is 11.8 Å². The zero-order valence-electron chi connectivity index (χ0n) is 15.6. The van der Waals surface area contributed by atoms with E-state index in [1.165, 1.54) is 12.8 Å². The normalized spacial score (nSPS) is 23.7. The third kappa shape index (κ3) is 4.10. The van der Waals surface area contributed by atoms with E-state index in [2.05, 4.69) is 15.7 Å². The van der Waals surface area contributed by atoms with Crippen LogP contribution < -0.4 is 0 Å². The molecule has 1 atom stereocenters. The Kier molecular flexibility index (Phi) is 5.27. The maximum absolute atomic E-state index is 12.6. The summed E-state index contributed by atoms with van der Waals surface area (Å²) in [6.45, 7) is 4.34. The first-order valence-electron chi connectivity index (χ1n) is 10.3. The molecule has 0 radical (unpaired) electrons. The van der Waals surface area contributed by atoms with E-state index < -0.39 is 0 Å². The van der Waals surface area contributed by atoms with Crippen LogP contribution in [0.4, 0.5) is 0 Å². The van der Waals surface area contributed by atoms with Crippen LogP contribution in [0.5, 0.6) is 0 Å². The number of carbonyl (C=O) groups is 2. The van der Waals surface area contributed by atoms with Crippen LogP contribution in [-0.4, -0.2) is 57.3 Å². The van der Waals surface area contributed by atoms with E-state index in [1.807, 2.05) is 16.0 Å². The third-order valence-corrected chi connectivity index (χ3v) is 6.03. The summed E-state index contributed by atoms with van der Waals surface area (Å²) in [6, 6.07) is 0. The summed E-state index contributed by atoms with van der Waals surface area (Å²) in [5.41, 5.74) is 0. The van der Waals surface area contributed by atoms with Gasteiger partial charge in [0, 0.05) is 63.9 Å². The van der Waals surface area contributed by atoms with Gasteiger partial charge in [0.25, 0.3) is 0 Å². The van der Waals surface area contributed by atoms with E-state index in [0.29, 0.717) is 18.8 Å². The van der Waals surface area contributed by atoms with Crippen LogP contribution in [0.1, 0.15) is 63.1 Å². The van der Waals surface area contributed by atoms with Gasteiger partial charge < -0.3 is 14.4 Å². The minimum Gasteiger partial charge on any atom is -0.343 e. The maximum atomic E-state index is 12.6. The van der Waals surface area contributed by atoms with E-state index in [1.54, 1.807) is 0 Å². The summed E-state index contributed by atoms with van der Waals surface area (Å²) in [4.78, 5) is 32.8. The number of amides is 2. The summed E-state index contributed by atoms with van der Waals surface area (Å²) >= 11 is 0. The summed E-state index contributed by atoms with van der Waals surface area (Å²) < 4.78 is 2.31. The molecular weight excluding hydrogens is 328 g/mol. The first-order chi connectivity index (χ1) is 12.7. The van der Waals surface area contributed by atoms with Crippen molar-refractivity contribution in [1.82, 2.24) is 19.4 Å². The largest absolute Gasteiger partial charge is 0.343 e. The second-order valence-corrected chi connectivity index (χ2v) is 8.15. The van der Waals surface area contributed by atoms with Crippen molar-refractivity contribution in [3.05, 3.63) is 18.2 Å². The van der Waals surface area contributed by atoms with Gasteiger partial charge in [0.1, 0.15) is 5.82 Å². The minimum atomic E-state index is 0.238. The smallest absolute Gasteiger partial charge is 0.222 e. The highest BCUT2D eigenvalue weighted by Gasteiger charge is 2.29. The molecule has 0 N–H and O–H groups in total. The highest BCUT2D eigenvalue weighted by atomic mass is 16.2. The molecule has 6 nitrogen and oxygen atoms in total. The van der Waals surface area contributed by atoms with Crippen LogP contribution in [-0.2, 0) is 16.1 Å². The van der Waals surface area contributed by atoms with Gasteiger partial charge >= 0.3 is 0 Å². The molecule has 1 aromatic heterocycles. The average molecular weight is 358 g/mol. The van der Waals surface area contributed by atoms with E-state index in [-0.39, 0.29) is 11.8 Å². The number of nitrogens with zero attached hydrogens (tertiary/aromatic N) is 4. The first-order valence-corrected chi connectivity index (χ1v) is 10.3. The lowest BCUT2D eigenvalue weighted by Gasteiger charge is -2.33. The molecule has 2 saturated heterocycles. The van der Waals surface area contributed by atoms with Crippen molar-refractivity contribution in [1.29, 1.82) is 0 Å². The fraction of sp³-hybridized carbons (Fsp3) is 0.750. The number of hydrogen-bond donors (Lipinski definition) is 0. The Bertz CT molecular complexity index is 652. The minimum absolute atomic E-state index is 0.238. The van der Waals surface area contributed by atoms with E-state index in [0.717, 1.165) is 70.1 Å². The fourth-order valence-electron chi connectivity index (χ4n) is 4.35. The van der Waals surface area contributed by atoms with Gasteiger partial charge in [-0.2, -0.15) is 0 Å². The zero-order chi connectivity index (χ0) is 17.9. The van der Waals surface area contributed by atoms with Crippen molar-refractivity contribution in [2.45, 2.75) is 63.8 Å². The topological polar surface area (TPSA) is 58.4 Å². The van der Waals surface area contributed by atoms with Crippen LogP contribution in [0, 0.1) is 5.92 Å². The molecule has 4 rings (SSSR count). The van der Waals surface area contributed by atoms with Crippen LogP contribution in [0.3, 0.4) is 0 Å². The molecule has 1 aromatic rings. The average Bonchev–Trinajstić information content (AvgIpc) is 3.18. The Morgan fingerprint density at radius 2 is 2.08 bits per heavy atom. The highest BCUT2D eigenvalue weighted by molar-refractivity contribution is 5.78. The van der Waals surface area contributed by atoms with Gasteiger partial charge in [-0.15, -0.1) is 0 Å². The number of imidazole rings is 1. The molecule has 3 heterocycles. The molecule has 142 valence electrons. The van der Waals surface area contributed by atoms with Gasteiger partial charge in [-0.3, -0.25) is 9.59 Å². The molecule has 0 aromatic carbocycles. The highest BCUT2D eigenvalue weighted by Crippen LogP contribution is 2.33. The standard InChI is InChI=1S/C20H30N4O2/c25-18-5-2-10-22(18)11-3-6-19(26)23-12-1-4-17(15-23)20-21-9-13-24(20)14-16-7-8-16/h9,13,16-17H,1-8,10-12,14-15H2/t17-/m0/s1. The number of piperidine rings is 1. The van der Waals surface area contributed by atoms with Crippen molar-refractivity contribution in [2.24, 2.45) is 5.92 Å². The first kappa shape index (κ1) is 17.6. The van der Waals surface area contributed by atoms with Crippen LogP contribution in [0.25, 0.3) is 0 Å². The Balaban J connectivity index is 1.28. The third-order valence-electron chi connectivity index (χ3n) is 6.03. The van der Waals surface area contributed by atoms with Crippen LogP contribution >= 0.6 is 0 Å². The molecule has 0 spiro atoms. The molecular formula is C20H30N4O2. The lowest BCUT2D eigenvalue weighted by Crippen LogP contribution is -2.40. The van der Waals surface area contributed by atoms with Gasteiger partial charge in [0.05, 0.1) is 0 Å². The Labute approximate surface area is 155 Å². The second kappa shape index (κ2) is 7.80. The van der Waals surface area contributed by atoms with Crippen LogP contribution in [0.15, 0.2) is 12.4 Å². The predicted molar refractivity (Wildman–Crippen MR) is 98.6 cm³/mol. The molecule has 0 unspecified atom stereocenters. The molecule has 6 heteroatoms. The lowest BCUT2D eigenvalue weighted by atomic mass is 9.96. The Hall–Kier alpha value is -1.85. The summed E-state index contributed by atoms with van der Waals surface area (Å²) in [7, 11) is 0. The van der Waals surface area contributed by atoms with Crippen LogP contribution in [0.2, 0.25) is 0 Å². The second-order valence-electron chi connectivity index (χ2n) is 8.15. The molecule has 3 fully saturated rings. The molecule has 3 aliphatic rings. The fourth-order valence-corrected chi connectivity index (χ4v) is 4.35. The molecule has 2 amide bonds. The maximum Gasteiger partial charge on any atom is 0.222 e. The number of carbonyl (C=O) groups excluding carboxylic acids is 2. The SMILES string of the molecule is O=C1CCCN1CCCC(=O)N1CCC[C@H](c2nccn2CC2CC2)C1. The van der Waals surface area contributed by atoms with Gasteiger partial charge in [-0.1, -0.05) is 0 Å². The van der Waals surface area contributed by atoms with Gasteiger partial charge in [0.15, 0.2) is 0 Å². The summed E-state index contributed by atoms with van der Waals surface area (Å²) in [5, 5.41) is 0. The van der Waals surface area contributed by atoms with Crippen molar-refractivity contribution in [3.8, 4) is 0 Å². The van der Waals surface area contributed by atoms with E-state index in [4.69, 9.17) is 0 Å². The molecule has 1 saturated carbocycles. The summed E-state index contributed by atoms with van der Waals surface area (Å²) in [6.07, 6.45) is 11.8. The Morgan fingerprint density at radius 3 is 2.85 bits per heavy atom. The monoisotopic (exact) mass is 358 g/mol. The predicted octanol–water partition coefficient (Wildman–Crippen LogP) is 2.40. The number of likely N-dealkylation sites (tertiary alicyclic amines) is 2. The number of rotatable bonds is 7. The van der Waals surface area contributed by atoms with Gasteiger partial charge in [-0.25, -0.2) is 4.98 Å². The van der Waals surface area contributed by atoms with E-state index in [9.17, 15) is 9.59 Å². The quantitative estimate of drug-likeness (QED) is 0.752. The van der Waals surface area contributed by atoms with Crippen molar-refractivity contribution in [2.75, 3.05) is 26.2 Å². The van der Waals surface area contributed by atoms with Gasteiger partial charge in [-0.05, 0) is 44.4 Å². The lowest BCUT2D eigenvalue weighted by molar-refractivity contribution is -0.133. The van der Waals surface area contributed by atoms with E-state index >= 15 is 0 Å². The Morgan fingerprint density at radius 1 is 1.19 bits per heavy atom. The number of hydrogen-bond acceptors (Lipinski definition) is 3. The zero-order valence-corrected chi connectivity index (χ0v) is 15.6. The van der Waals surface area contributed by atoms with Crippen molar-refractivity contribution < 1.29 is 9.59 Å². The number of aromatic nitrogens is 2.